The van der Waals surface area contributed by atoms with E-state index in [4.69, 9.17) is 0 Å². The molecule has 0 aromatic rings. The minimum Gasteiger partial charge on any atom is -0.396 e. The van der Waals surface area contributed by atoms with Crippen LogP contribution in [0.4, 0.5) is 0 Å². The molecule has 6 heteroatoms. The number of aliphatic imine (C=N–C) groups is 1. The molecule has 1 aliphatic rings. The first kappa shape index (κ1) is 21.7. The maximum Gasteiger partial charge on any atom is 0.222 e. The molecule has 0 aromatic heterocycles. The molecular formula is C19H38N4O2. The number of nitrogens with one attached hydrogen (secondary N) is 2. The standard InChI is InChI=1S/C19H38N4O2/c1-4-8-16(11-14-24)15-22-19(20-6-3)21-12-10-17(5-2)23-13-7-9-18(23)25/h16-17,24H,4-15H2,1-3H3,(H2,20,21,22). The van der Waals surface area contributed by atoms with E-state index >= 15 is 0 Å². The van der Waals surface area contributed by atoms with E-state index in [1.165, 1.54) is 0 Å². The van der Waals surface area contributed by atoms with Gasteiger partial charge in [0.15, 0.2) is 5.96 Å². The predicted molar refractivity (Wildman–Crippen MR) is 104 cm³/mol. The van der Waals surface area contributed by atoms with E-state index < -0.39 is 0 Å². The Morgan fingerprint density at radius 3 is 2.60 bits per heavy atom. The van der Waals surface area contributed by atoms with Gasteiger partial charge in [0.05, 0.1) is 0 Å². The molecule has 146 valence electrons. The SMILES string of the molecule is CCCC(CCO)CN=C(NCC)NCCC(CC)N1CCCC1=O. The van der Waals surface area contributed by atoms with Gasteiger partial charge in [-0.3, -0.25) is 9.79 Å². The first-order valence-electron chi connectivity index (χ1n) is 10.1. The van der Waals surface area contributed by atoms with Crippen LogP contribution >= 0.6 is 0 Å². The zero-order chi connectivity index (χ0) is 18.5. The number of carbonyl (C=O) groups is 1. The second-order valence-electron chi connectivity index (χ2n) is 6.85. The van der Waals surface area contributed by atoms with Crippen molar-refractivity contribution >= 4 is 11.9 Å². The van der Waals surface area contributed by atoms with Gasteiger partial charge in [-0.25, -0.2) is 0 Å². The minimum atomic E-state index is 0.228. The summed E-state index contributed by atoms with van der Waals surface area (Å²) in [5, 5.41) is 15.9. The molecule has 1 saturated heterocycles. The molecule has 0 aliphatic carbocycles. The van der Waals surface area contributed by atoms with Crippen LogP contribution in [0.1, 0.15) is 65.7 Å². The molecule has 0 spiro atoms. The van der Waals surface area contributed by atoms with Crippen molar-refractivity contribution in [1.82, 2.24) is 15.5 Å². The first-order valence-corrected chi connectivity index (χ1v) is 10.1. The van der Waals surface area contributed by atoms with E-state index in [2.05, 4.69) is 36.4 Å². The van der Waals surface area contributed by atoms with Gasteiger partial charge in [0.25, 0.3) is 0 Å². The van der Waals surface area contributed by atoms with Gasteiger partial charge in [-0.05, 0) is 44.9 Å². The third-order valence-electron chi connectivity index (χ3n) is 4.88. The van der Waals surface area contributed by atoms with Gasteiger partial charge in [-0.1, -0.05) is 20.3 Å². The van der Waals surface area contributed by atoms with Crippen molar-refractivity contribution in [3.63, 3.8) is 0 Å². The van der Waals surface area contributed by atoms with Crippen LogP contribution in [0.3, 0.4) is 0 Å². The highest BCUT2D eigenvalue weighted by Gasteiger charge is 2.26. The van der Waals surface area contributed by atoms with Crippen LogP contribution in [0, 0.1) is 5.92 Å². The molecule has 1 rings (SSSR count). The van der Waals surface area contributed by atoms with Gasteiger partial charge in [0.2, 0.25) is 5.91 Å². The Labute approximate surface area is 153 Å². The number of hydrogen-bond acceptors (Lipinski definition) is 3. The van der Waals surface area contributed by atoms with Crippen LogP contribution in [-0.4, -0.2) is 60.7 Å². The lowest BCUT2D eigenvalue weighted by atomic mass is 10.0. The Hall–Kier alpha value is -1.30. The summed E-state index contributed by atoms with van der Waals surface area (Å²) in [4.78, 5) is 18.7. The average Bonchev–Trinajstić information content (AvgIpc) is 3.02. The highest BCUT2D eigenvalue weighted by atomic mass is 16.3. The fraction of sp³-hybridized carbons (Fsp3) is 0.895. The van der Waals surface area contributed by atoms with E-state index in [1.807, 2.05) is 4.90 Å². The normalized spacial score (nSPS) is 17.7. The Kier molecular flexibility index (Phi) is 11.3. The predicted octanol–water partition coefficient (Wildman–Crippen LogP) is 2.13. The molecule has 6 nitrogen and oxygen atoms in total. The molecule has 0 saturated carbocycles. The molecule has 1 aliphatic heterocycles. The molecule has 0 radical (unpaired) electrons. The molecule has 2 atom stereocenters. The summed E-state index contributed by atoms with van der Waals surface area (Å²) in [5.74, 6) is 1.58. The molecule has 1 fully saturated rings. The summed E-state index contributed by atoms with van der Waals surface area (Å²) in [7, 11) is 0. The number of carbonyl (C=O) groups excluding carboxylic acids is 1. The fourth-order valence-corrected chi connectivity index (χ4v) is 3.47. The second kappa shape index (κ2) is 13.0. The monoisotopic (exact) mass is 354 g/mol. The van der Waals surface area contributed by atoms with Crippen molar-refractivity contribution in [2.45, 2.75) is 71.8 Å². The lowest BCUT2D eigenvalue weighted by Gasteiger charge is -2.27. The van der Waals surface area contributed by atoms with Crippen LogP contribution in [0.5, 0.6) is 0 Å². The van der Waals surface area contributed by atoms with Crippen LogP contribution in [0.2, 0.25) is 0 Å². The number of guanidine groups is 1. The highest BCUT2D eigenvalue weighted by Crippen LogP contribution is 2.17. The van der Waals surface area contributed by atoms with E-state index in [0.717, 1.165) is 70.7 Å². The quantitative estimate of drug-likeness (QED) is 0.371. The number of amides is 1. The van der Waals surface area contributed by atoms with Gasteiger partial charge in [-0.2, -0.15) is 0 Å². The summed E-state index contributed by atoms with van der Waals surface area (Å²) in [6.07, 6.45) is 6.67. The molecule has 1 heterocycles. The van der Waals surface area contributed by atoms with Gasteiger partial charge >= 0.3 is 0 Å². The molecule has 1 amide bonds. The Morgan fingerprint density at radius 1 is 1.24 bits per heavy atom. The topological polar surface area (TPSA) is 77.0 Å². The Morgan fingerprint density at radius 2 is 2.04 bits per heavy atom. The summed E-state index contributed by atoms with van der Waals surface area (Å²) in [6, 6.07) is 0.326. The molecule has 0 bridgehead atoms. The van der Waals surface area contributed by atoms with Crippen molar-refractivity contribution < 1.29 is 9.90 Å². The van der Waals surface area contributed by atoms with Crippen LogP contribution in [-0.2, 0) is 4.79 Å². The smallest absolute Gasteiger partial charge is 0.222 e. The molecule has 3 N–H and O–H groups in total. The van der Waals surface area contributed by atoms with Crippen LogP contribution in [0.15, 0.2) is 4.99 Å². The lowest BCUT2D eigenvalue weighted by Crippen LogP contribution is -2.42. The molecule has 25 heavy (non-hydrogen) atoms. The largest absolute Gasteiger partial charge is 0.396 e. The Balaban J connectivity index is 2.47. The van der Waals surface area contributed by atoms with Gasteiger partial charge < -0.3 is 20.6 Å². The van der Waals surface area contributed by atoms with Gasteiger partial charge in [-0.15, -0.1) is 0 Å². The fourth-order valence-electron chi connectivity index (χ4n) is 3.47. The van der Waals surface area contributed by atoms with E-state index in [9.17, 15) is 9.90 Å². The zero-order valence-corrected chi connectivity index (χ0v) is 16.4. The number of aliphatic hydroxyl groups excluding tert-OH is 1. The maximum absolute atomic E-state index is 11.9. The van der Waals surface area contributed by atoms with Gasteiger partial charge in [0.1, 0.15) is 0 Å². The minimum absolute atomic E-state index is 0.228. The van der Waals surface area contributed by atoms with Crippen molar-refractivity contribution in [1.29, 1.82) is 0 Å². The average molecular weight is 355 g/mol. The van der Waals surface area contributed by atoms with Crippen molar-refractivity contribution in [2.75, 3.05) is 32.8 Å². The van der Waals surface area contributed by atoms with E-state index in [0.29, 0.717) is 24.3 Å². The lowest BCUT2D eigenvalue weighted by molar-refractivity contribution is -0.129. The van der Waals surface area contributed by atoms with E-state index in [1.54, 1.807) is 0 Å². The maximum atomic E-state index is 11.9. The number of nitrogens with zero attached hydrogens (tertiary/aromatic N) is 2. The van der Waals surface area contributed by atoms with Crippen molar-refractivity contribution in [3.8, 4) is 0 Å². The van der Waals surface area contributed by atoms with Crippen molar-refractivity contribution in [2.24, 2.45) is 10.9 Å². The van der Waals surface area contributed by atoms with Crippen LogP contribution < -0.4 is 10.6 Å². The van der Waals surface area contributed by atoms with Crippen molar-refractivity contribution in [3.05, 3.63) is 0 Å². The van der Waals surface area contributed by atoms with E-state index in [-0.39, 0.29) is 6.61 Å². The number of aliphatic hydroxyl groups is 1. The molecular weight excluding hydrogens is 316 g/mol. The number of rotatable bonds is 12. The zero-order valence-electron chi connectivity index (χ0n) is 16.4. The Bertz CT molecular complexity index is 395. The molecule has 2 unspecified atom stereocenters. The summed E-state index contributed by atoms with van der Waals surface area (Å²) in [5.41, 5.74) is 0. The summed E-state index contributed by atoms with van der Waals surface area (Å²) < 4.78 is 0. The number of likely N-dealkylation sites (tertiary alicyclic amines) is 1. The first-order chi connectivity index (χ1) is 12.2. The summed E-state index contributed by atoms with van der Waals surface area (Å²) >= 11 is 0. The second-order valence-corrected chi connectivity index (χ2v) is 6.85. The van der Waals surface area contributed by atoms with Gasteiger partial charge in [0, 0.05) is 45.2 Å². The highest BCUT2D eigenvalue weighted by molar-refractivity contribution is 5.80. The third-order valence-corrected chi connectivity index (χ3v) is 4.88. The third kappa shape index (κ3) is 8.08. The van der Waals surface area contributed by atoms with Crippen LogP contribution in [0.25, 0.3) is 0 Å². The molecule has 0 aromatic carbocycles. The summed E-state index contributed by atoms with van der Waals surface area (Å²) in [6.45, 7) is 9.90. The number of hydrogen-bond donors (Lipinski definition) is 3.